The van der Waals surface area contributed by atoms with Crippen molar-refractivity contribution in [3.63, 3.8) is 0 Å². The molecule has 0 aromatic heterocycles. The summed E-state index contributed by atoms with van der Waals surface area (Å²) in [7, 11) is 0. The van der Waals surface area contributed by atoms with E-state index in [4.69, 9.17) is 0 Å². The zero-order chi connectivity index (χ0) is 6.10. The molecule has 0 bridgehead atoms. The van der Waals surface area contributed by atoms with Gasteiger partial charge in [0.05, 0.1) is 0 Å². The Morgan fingerprint density at radius 2 is 1.91 bits per heavy atom. The second-order valence-corrected chi connectivity index (χ2v) is 3.12. The van der Waals surface area contributed by atoms with Crippen molar-refractivity contribution in [1.29, 1.82) is 0 Å². The molecular weight excluding hydrogens is 183 g/mol. The zero-order valence-corrected chi connectivity index (χ0v) is 8.14. The third-order valence-electron chi connectivity index (χ3n) is 2.50. The van der Waals surface area contributed by atoms with Crippen LogP contribution in [0.5, 0.6) is 0 Å². The van der Waals surface area contributed by atoms with Crippen LogP contribution in [0.25, 0.3) is 0 Å². The van der Waals surface area contributed by atoms with Gasteiger partial charge in [0, 0.05) is 12.6 Å². The largest absolute Gasteiger partial charge is 0.315 e. The molecule has 2 saturated heterocycles. The van der Waals surface area contributed by atoms with Gasteiger partial charge in [-0.25, -0.2) is 0 Å². The number of nitrogens with one attached hydrogen (secondary N) is 2. The molecule has 68 valence electrons. The average molecular weight is 199 g/mol. The standard InChI is InChI=1S/C7H14N2.2ClH/c1-2-6-4-8-5-7(6)9-3-1;;/h6-9H,1-5H2;2*1H/t6-,7-;;/m1../s1. The van der Waals surface area contributed by atoms with Gasteiger partial charge in [-0.15, -0.1) is 24.8 Å². The monoisotopic (exact) mass is 198 g/mol. The van der Waals surface area contributed by atoms with Gasteiger partial charge in [0.15, 0.2) is 0 Å². The molecule has 0 radical (unpaired) electrons. The summed E-state index contributed by atoms with van der Waals surface area (Å²) in [5, 5.41) is 6.92. The Morgan fingerprint density at radius 1 is 1.09 bits per heavy atom. The Hall–Kier alpha value is 0.500. The Bertz CT molecular complexity index is 98.6. The smallest absolute Gasteiger partial charge is 0.0232 e. The van der Waals surface area contributed by atoms with Crippen molar-refractivity contribution < 1.29 is 0 Å². The average Bonchev–Trinajstić information content (AvgIpc) is 2.33. The van der Waals surface area contributed by atoms with E-state index in [-0.39, 0.29) is 24.8 Å². The lowest BCUT2D eigenvalue weighted by atomic mass is 9.94. The molecule has 2 N–H and O–H groups in total. The third kappa shape index (κ3) is 2.48. The van der Waals surface area contributed by atoms with Crippen molar-refractivity contribution >= 4 is 24.8 Å². The van der Waals surface area contributed by atoms with Gasteiger partial charge >= 0.3 is 0 Å². The van der Waals surface area contributed by atoms with Crippen LogP contribution in [-0.2, 0) is 0 Å². The van der Waals surface area contributed by atoms with Crippen LogP contribution in [0.4, 0.5) is 0 Å². The normalized spacial score (nSPS) is 34.9. The van der Waals surface area contributed by atoms with E-state index in [0.717, 1.165) is 12.0 Å². The summed E-state index contributed by atoms with van der Waals surface area (Å²) in [5.74, 6) is 0.943. The second-order valence-electron chi connectivity index (χ2n) is 3.12. The van der Waals surface area contributed by atoms with Crippen LogP contribution in [0.2, 0.25) is 0 Å². The van der Waals surface area contributed by atoms with Gasteiger partial charge in [-0.2, -0.15) is 0 Å². The van der Waals surface area contributed by atoms with Crippen LogP contribution in [0.3, 0.4) is 0 Å². The van der Waals surface area contributed by atoms with Crippen molar-refractivity contribution in [3.8, 4) is 0 Å². The number of hydrogen-bond acceptors (Lipinski definition) is 2. The predicted molar refractivity (Wildman–Crippen MR) is 51.9 cm³/mol. The lowest BCUT2D eigenvalue weighted by molar-refractivity contribution is 0.339. The fourth-order valence-electron chi connectivity index (χ4n) is 1.93. The lowest BCUT2D eigenvalue weighted by Gasteiger charge is -2.24. The number of hydrogen-bond donors (Lipinski definition) is 2. The first-order chi connectivity index (χ1) is 4.47. The van der Waals surface area contributed by atoms with Gasteiger partial charge in [-0.05, 0) is 31.8 Å². The van der Waals surface area contributed by atoms with Crippen LogP contribution in [0, 0.1) is 5.92 Å². The van der Waals surface area contributed by atoms with E-state index < -0.39 is 0 Å². The maximum Gasteiger partial charge on any atom is 0.0232 e. The first-order valence-electron chi connectivity index (χ1n) is 3.91. The summed E-state index contributed by atoms with van der Waals surface area (Å²) >= 11 is 0. The summed E-state index contributed by atoms with van der Waals surface area (Å²) in [4.78, 5) is 0. The maximum atomic E-state index is 3.52. The molecule has 2 heterocycles. The molecule has 0 unspecified atom stereocenters. The molecule has 2 atom stereocenters. The van der Waals surface area contributed by atoms with Crippen LogP contribution in [0.1, 0.15) is 12.8 Å². The lowest BCUT2D eigenvalue weighted by Crippen LogP contribution is -2.40. The molecule has 4 heteroatoms. The Kier molecular flexibility index (Phi) is 5.44. The first-order valence-corrected chi connectivity index (χ1v) is 3.91. The van der Waals surface area contributed by atoms with E-state index in [2.05, 4.69) is 10.6 Å². The molecule has 2 fully saturated rings. The molecule has 2 aliphatic heterocycles. The molecule has 0 saturated carbocycles. The van der Waals surface area contributed by atoms with Crippen molar-refractivity contribution in [1.82, 2.24) is 10.6 Å². The molecule has 0 aromatic carbocycles. The summed E-state index contributed by atoms with van der Waals surface area (Å²) in [6.07, 6.45) is 2.81. The van der Waals surface area contributed by atoms with Crippen LogP contribution >= 0.6 is 24.8 Å². The molecule has 0 aromatic rings. The van der Waals surface area contributed by atoms with Crippen molar-refractivity contribution in [2.45, 2.75) is 18.9 Å². The second kappa shape index (κ2) is 5.20. The highest BCUT2D eigenvalue weighted by molar-refractivity contribution is 5.85. The van der Waals surface area contributed by atoms with Gasteiger partial charge in [-0.1, -0.05) is 0 Å². The van der Waals surface area contributed by atoms with Gasteiger partial charge in [0.25, 0.3) is 0 Å². The molecule has 2 nitrogen and oxygen atoms in total. The molecule has 0 amide bonds. The molecule has 2 aliphatic rings. The van der Waals surface area contributed by atoms with Crippen molar-refractivity contribution in [3.05, 3.63) is 0 Å². The third-order valence-corrected chi connectivity index (χ3v) is 2.50. The zero-order valence-electron chi connectivity index (χ0n) is 6.51. The highest BCUT2D eigenvalue weighted by atomic mass is 35.5. The number of piperidine rings is 1. The molecule has 0 spiro atoms. The van der Waals surface area contributed by atoms with E-state index in [1.165, 1.54) is 32.5 Å². The fourth-order valence-corrected chi connectivity index (χ4v) is 1.93. The van der Waals surface area contributed by atoms with E-state index in [0.29, 0.717) is 0 Å². The topological polar surface area (TPSA) is 24.1 Å². The minimum atomic E-state index is 0. The molecular formula is C7H16Cl2N2. The fraction of sp³-hybridized carbons (Fsp3) is 1.00. The highest BCUT2D eigenvalue weighted by Gasteiger charge is 2.28. The van der Waals surface area contributed by atoms with Crippen LogP contribution in [0.15, 0.2) is 0 Å². The summed E-state index contributed by atoms with van der Waals surface area (Å²) < 4.78 is 0. The summed E-state index contributed by atoms with van der Waals surface area (Å²) in [6.45, 7) is 3.69. The van der Waals surface area contributed by atoms with Crippen molar-refractivity contribution in [2.75, 3.05) is 19.6 Å². The van der Waals surface area contributed by atoms with E-state index in [1.54, 1.807) is 0 Å². The number of rotatable bonds is 0. The minimum absolute atomic E-state index is 0. The molecule has 11 heavy (non-hydrogen) atoms. The van der Waals surface area contributed by atoms with Gasteiger partial charge in [-0.3, -0.25) is 0 Å². The Labute approximate surface area is 80.3 Å². The van der Waals surface area contributed by atoms with E-state index >= 15 is 0 Å². The summed E-state index contributed by atoms with van der Waals surface area (Å²) in [5.41, 5.74) is 0. The molecule has 0 aliphatic carbocycles. The van der Waals surface area contributed by atoms with Gasteiger partial charge in [0.2, 0.25) is 0 Å². The Balaban J connectivity index is 0.000000500. The number of halogens is 2. The van der Waals surface area contributed by atoms with E-state index in [9.17, 15) is 0 Å². The Morgan fingerprint density at radius 3 is 2.64 bits per heavy atom. The first kappa shape index (κ1) is 11.5. The quantitative estimate of drug-likeness (QED) is 0.603. The maximum absolute atomic E-state index is 3.52. The van der Waals surface area contributed by atoms with Gasteiger partial charge in [0.1, 0.15) is 0 Å². The van der Waals surface area contributed by atoms with Crippen LogP contribution in [-0.4, -0.2) is 25.7 Å². The number of fused-ring (bicyclic) bond motifs is 1. The summed E-state index contributed by atoms with van der Waals surface area (Å²) in [6, 6.07) is 0.804. The SMILES string of the molecule is C1CN[C@@H]2CNC[C@H]2C1.Cl.Cl. The van der Waals surface area contributed by atoms with E-state index in [1.807, 2.05) is 0 Å². The predicted octanol–water partition coefficient (Wildman–Crippen LogP) is 0.801. The van der Waals surface area contributed by atoms with Crippen LogP contribution < -0.4 is 10.6 Å². The minimum Gasteiger partial charge on any atom is -0.315 e. The van der Waals surface area contributed by atoms with Gasteiger partial charge < -0.3 is 10.6 Å². The highest BCUT2D eigenvalue weighted by Crippen LogP contribution is 2.18. The van der Waals surface area contributed by atoms with Crippen molar-refractivity contribution in [2.24, 2.45) is 5.92 Å². The molecule has 2 rings (SSSR count).